The number of hydrogen-bond donors (Lipinski definition) is 1. The standard InChI is InChI=1S/C16H14FIN4O2/c1-9(23)20-13-6-14-10(4-12(13)17)5-15(22(14)18)16(24)11(7-19)8-21(2)3/h4-6,8H,1-3H3,(H,20,23)/b11-8+. The van der Waals surface area contributed by atoms with Gasteiger partial charge in [0.25, 0.3) is 0 Å². The van der Waals surface area contributed by atoms with E-state index in [0.29, 0.717) is 10.9 Å². The van der Waals surface area contributed by atoms with Crippen molar-refractivity contribution in [1.82, 2.24) is 7.68 Å². The maximum atomic E-state index is 14.0. The van der Waals surface area contributed by atoms with E-state index in [4.69, 9.17) is 0 Å². The smallest absolute Gasteiger partial charge is 0.222 e. The zero-order chi connectivity index (χ0) is 18.0. The first kappa shape index (κ1) is 17.9. The van der Waals surface area contributed by atoms with Gasteiger partial charge in [0, 0.05) is 32.6 Å². The molecule has 0 atom stereocenters. The maximum absolute atomic E-state index is 14.0. The number of carbonyl (C=O) groups excluding carboxylic acids is 2. The van der Waals surface area contributed by atoms with E-state index in [1.165, 1.54) is 31.3 Å². The molecule has 2 aromatic rings. The predicted octanol–water partition coefficient (Wildman–Crippen LogP) is 3.09. The number of anilines is 1. The molecule has 0 saturated heterocycles. The van der Waals surface area contributed by atoms with Gasteiger partial charge in [-0.3, -0.25) is 12.4 Å². The lowest BCUT2D eigenvalue weighted by molar-refractivity contribution is -0.114. The fraction of sp³-hybridized carbons (Fsp3) is 0.188. The highest BCUT2D eigenvalue weighted by molar-refractivity contribution is 14.1. The van der Waals surface area contributed by atoms with Crippen LogP contribution < -0.4 is 5.32 Å². The number of carbonyl (C=O) groups is 2. The Labute approximate surface area is 152 Å². The van der Waals surface area contributed by atoms with Gasteiger partial charge in [-0.15, -0.1) is 0 Å². The Morgan fingerprint density at radius 1 is 1.38 bits per heavy atom. The van der Waals surface area contributed by atoms with E-state index in [9.17, 15) is 19.2 Å². The largest absolute Gasteiger partial charge is 0.382 e. The van der Waals surface area contributed by atoms with Crippen molar-refractivity contribution >= 4 is 51.1 Å². The molecule has 0 saturated carbocycles. The molecule has 1 N–H and O–H groups in total. The van der Waals surface area contributed by atoms with Crippen LogP contribution in [0.4, 0.5) is 10.1 Å². The molecule has 24 heavy (non-hydrogen) atoms. The summed E-state index contributed by atoms with van der Waals surface area (Å²) in [5.74, 6) is -1.45. The summed E-state index contributed by atoms with van der Waals surface area (Å²) in [5.41, 5.74) is 0.823. The second kappa shape index (κ2) is 7.00. The number of Topliss-reactive ketones (excluding diaryl/α,β-unsaturated/α-hetero) is 1. The Balaban J connectivity index is 2.58. The van der Waals surface area contributed by atoms with Crippen LogP contribution in [-0.4, -0.2) is 33.5 Å². The van der Waals surface area contributed by atoms with Crippen LogP contribution in [-0.2, 0) is 4.79 Å². The van der Waals surface area contributed by atoms with Crippen molar-refractivity contribution in [2.24, 2.45) is 0 Å². The fourth-order valence-electron chi connectivity index (χ4n) is 2.17. The lowest BCUT2D eigenvalue weighted by atomic mass is 10.1. The number of rotatable bonds is 4. The summed E-state index contributed by atoms with van der Waals surface area (Å²) in [6.07, 6.45) is 1.43. The molecular formula is C16H14FIN4O2. The van der Waals surface area contributed by atoms with Crippen LogP contribution in [0.3, 0.4) is 0 Å². The topological polar surface area (TPSA) is 78.1 Å². The maximum Gasteiger partial charge on any atom is 0.222 e. The molecule has 0 spiro atoms. The Hall–Kier alpha value is -2.41. The highest BCUT2D eigenvalue weighted by Gasteiger charge is 2.20. The summed E-state index contributed by atoms with van der Waals surface area (Å²) < 4.78 is 15.6. The molecule has 1 amide bonds. The molecule has 0 unspecified atom stereocenters. The fourth-order valence-corrected chi connectivity index (χ4v) is 2.95. The first-order valence-corrected chi connectivity index (χ1v) is 7.83. The molecule has 0 aliphatic rings. The third-order valence-corrected chi connectivity index (χ3v) is 4.17. The minimum absolute atomic E-state index is 0.0247. The number of nitrogens with one attached hydrogen (secondary N) is 1. The van der Waals surface area contributed by atoms with Gasteiger partial charge in [0.15, 0.2) is 0 Å². The predicted molar refractivity (Wildman–Crippen MR) is 97.3 cm³/mol. The molecule has 0 radical (unpaired) electrons. The number of allylic oxidation sites excluding steroid dienone is 1. The van der Waals surface area contributed by atoms with Gasteiger partial charge in [-0.1, -0.05) is 0 Å². The van der Waals surface area contributed by atoms with Crippen molar-refractivity contribution in [3.63, 3.8) is 0 Å². The number of halogens is 2. The van der Waals surface area contributed by atoms with Crippen LogP contribution in [0.2, 0.25) is 0 Å². The molecule has 1 aromatic heterocycles. The molecule has 2 rings (SSSR count). The zero-order valence-electron chi connectivity index (χ0n) is 13.2. The summed E-state index contributed by atoms with van der Waals surface area (Å²) in [6.45, 7) is 1.28. The number of aromatic nitrogens is 1. The molecule has 0 fully saturated rings. The third-order valence-electron chi connectivity index (χ3n) is 3.13. The number of hydrogen-bond acceptors (Lipinski definition) is 4. The number of ketones is 1. The van der Waals surface area contributed by atoms with Crippen molar-refractivity contribution in [2.45, 2.75) is 6.92 Å². The molecule has 0 aliphatic carbocycles. The van der Waals surface area contributed by atoms with E-state index in [2.05, 4.69) is 5.32 Å². The molecule has 0 aliphatic heterocycles. The average molecular weight is 440 g/mol. The molecule has 8 heteroatoms. The van der Waals surface area contributed by atoms with Crippen LogP contribution in [0.1, 0.15) is 17.4 Å². The molecule has 0 bridgehead atoms. The van der Waals surface area contributed by atoms with Gasteiger partial charge in [0.2, 0.25) is 11.7 Å². The first-order chi connectivity index (χ1) is 11.2. The van der Waals surface area contributed by atoms with Gasteiger partial charge >= 0.3 is 0 Å². The number of nitriles is 1. The summed E-state index contributed by atoms with van der Waals surface area (Å²) in [7, 11) is 3.42. The van der Waals surface area contributed by atoms with Gasteiger partial charge in [-0.2, -0.15) is 5.26 Å². The van der Waals surface area contributed by atoms with Gasteiger partial charge in [0.1, 0.15) is 23.2 Å². The minimum atomic E-state index is -0.594. The van der Waals surface area contributed by atoms with Crippen LogP contribution in [0, 0.1) is 17.1 Å². The monoisotopic (exact) mass is 440 g/mol. The van der Waals surface area contributed by atoms with Crippen molar-refractivity contribution in [3.05, 3.63) is 41.5 Å². The first-order valence-electron chi connectivity index (χ1n) is 6.86. The van der Waals surface area contributed by atoms with Gasteiger partial charge in [0.05, 0.1) is 34.1 Å². The summed E-state index contributed by atoms with van der Waals surface area (Å²) in [5, 5.41) is 12.1. The Morgan fingerprint density at radius 2 is 2.04 bits per heavy atom. The quantitative estimate of drug-likeness (QED) is 0.343. The third kappa shape index (κ3) is 3.56. The second-order valence-electron chi connectivity index (χ2n) is 5.33. The number of amides is 1. The summed E-state index contributed by atoms with van der Waals surface area (Å²) >= 11 is 1.90. The summed E-state index contributed by atoms with van der Waals surface area (Å²) in [6, 6.07) is 6.09. The van der Waals surface area contributed by atoms with Crippen molar-refractivity contribution in [3.8, 4) is 6.07 Å². The van der Waals surface area contributed by atoms with Crippen LogP contribution in [0.15, 0.2) is 30.0 Å². The van der Waals surface area contributed by atoms with Crippen LogP contribution in [0.25, 0.3) is 10.9 Å². The summed E-state index contributed by atoms with van der Waals surface area (Å²) in [4.78, 5) is 25.3. The van der Waals surface area contributed by atoms with E-state index >= 15 is 0 Å². The minimum Gasteiger partial charge on any atom is -0.382 e. The Kier molecular flexibility index (Phi) is 5.23. The number of benzene rings is 1. The van der Waals surface area contributed by atoms with Crippen molar-refractivity contribution in [1.29, 1.82) is 5.26 Å². The Morgan fingerprint density at radius 3 is 2.58 bits per heavy atom. The normalized spacial score (nSPS) is 11.2. The van der Waals surface area contributed by atoms with E-state index in [1.807, 2.05) is 28.9 Å². The van der Waals surface area contributed by atoms with Crippen LogP contribution >= 0.6 is 22.9 Å². The van der Waals surface area contributed by atoms with E-state index in [0.717, 1.165) is 0 Å². The van der Waals surface area contributed by atoms with E-state index in [1.54, 1.807) is 21.8 Å². The highest BCUT2D eigenvalue weighted by atomic mass is 127. The SMILES string of the molecule is CC(=O)Nc1cc2c(cc1F)cc(C(=O)/C(C#N)=C/N(C)C)n2I. The van der Waals surface area contributed by atoms with Crippen molar-refractivity contribution in [2.75, 3.05) is 19.4 Å². The van der Waals surface area contributed by atoms with E-state index in [-0.39, 0.29) is 17.0 Å². The molecule has 6 nitrogen and oxygen atoms in total. The second-order valence-corrected chi connectivity index (χ2v) is 6.29. The molecule has 124 valence electrons. The van der Waals surface area contributed by atoms with Crippen LogP contribution in [0.5, 0.6) is 0 Å². The van der Waals surface area contributed by atoms with Gasteiger partial charge in [-0.05, 0) is 18.2 Å². The van der Waals surface area contributed by atoms with Crippen molar-refractivity contribution < 1.29 is 14.0 Å². The van der Waals surface area contributed by atoms with Gasteiger partial charge < -0.3 is 10.2 Å². The average Bonchev–Trinajstić information content (AvgIpc) is 2.80. The lowest BCUT2D eigenvalue weighted by Gasteiger charge is -2.07. The highest BCUT2D eigenvalue weighted by Crippen LogP contribution is 2.29. The molecule has 1 aromatic carbocycles. The molecular weight excluding hydrogens is 426 g/mol. The Bertz CT molecular complexity index is 909. The van der Waals surface area contributed by atoms with Gasteiger partial charge in [-0.25, -0.2) is 4.39 Å². The van der Waals surface area contributed by atoms with E-state index < -0.39 is 17.5 Å². The molecule has 1 heterocycles. The number of fused-ring (bicyclic) bond motifs is 1. The number of nitrogens with zero attached hydrogens (tertiary/aromatic N) is 3. The zero-order valence-corrected chi connectivity index (χ0v) is 15.4. The lowest BCUT2D eigenvalue weighted by Crippen LogP contribution is -2.10.